The number of hydrogen-bond acceptors (Lipinski definition) is 6. The van der Waals surface area contributed by atoms with Crippen LogP contribution in [0.15, 0.2) is 55.4 Å². The minimum atomic E-state index is -0.0375. The van der Waals surface area contributed by atoms with Crippen molar-refractivity contribution >= 4 is 17.4 Å². The second-order valence-corrected chi connectivity index (χ2v) is 7.88. The Balaban J connectivity index is 0.00000265. The molecule has 7 heteroatoms. The normalized spacial score (nSPS) is 14.2. The maximum absolute atomic E-state index is 12.3. The van der Waals surface area contributed by atoms with Crippen LogP contribution in [0.3, 0.4) is 0 Å². The quantitative estimate of drug-likeness (QED) is 0.268. The molecule has 0 radical (unpaired) electrons. The zero-order valence-corrected chi connectivity index (χ0v) is 20.3. The first-order chi connectivity index (χ1) is 15.9. The van der Waals surface area contributed by atoms with Crippen molar-refractivity contribution in [3.8, 4) is 12.3 Å². The Morgan fingerprint density at radius 1 is 1.33 bits per heavy atom. The molecule has 1 aliphatic rings. The Bertz CT molecular complexity index is 875. The van der Waals surface area contributed by atoms with E-state index in [0.29, 0.717) is 17.9 Å². The highest BCUT2D eigenvalue weighted by atomic mass is 16.1. The zero-order valence-electron chi connectivity index (χ0n) is 20.3. The van der Waals surface area contributed by atoms with Crippen molar-refractivity contribution in [1.29, 1.82) is 0 Å². The number of terminal acetylenes is 1. The lowest BCUT2D eigenvalue weighted by Gasteiger charge is -2.19. The van der Waals surface area contributed by atoms with Crippen LogP contribution in [-0.4, -0.2) is 53.7 Å². The second-order valence-electron chi connectivity index (χ2n) is 7.88. The van der Waals surface area contributed by atoms with Gasteiger partial charge in [-0.1, -0.05) is 32.4 Å². The molecule has 1 amide bonds. The summed E-state index contributed by atoms with van der Waals surface area (Å²) < 4.78 is 0. The van der Waals surface area contributed by atoms with Gasteiger partial charge in [0.2, 0.25) is 5.91 Å². The van der Waals surface area contributed by atoms with Gasteiger partial charge in [-0.05, 0) is 50.9 Å². The Labute approximate surface area is 199 Å². The molecule has 0 aliphatic carbocycles. The van der Waals surface area contributed by atoms with E-state index in [-0.39, 0.29) is 18.4 Å². The SMILES string of the molecule is C#CC(=C/C=C)/C=C(\C)Nc1nncc(NCC(=O)NCCN2CCCC2)c1C(C)C.C=C. The minimum Gasteiger partial charge on any atom is -0.375 e. The summed E-state index contributed by atoms with van der Waals surface area (Å²) in [6.07, 6.45) is 14.9. The smallest absolute Gasteiger partial charge is 0.239 e. The summed E-state index contributed by atoms with van der Waals surface area (Å²) >= 11 is 0. The molecule has 178 valence electrons. The molecule has 2 heterocycles. The van der Waals surface area contributed by atoms with Crippen LogP contribution in [0.1, 0.15) is 45.1 Å². The highest BCUT2D eigenvalue weighted by molar-refractivity contribution is 5.81. The number of carbonyl (C=O) groups excluding carboxylic acids is 1. The average Bonchev–Trinajstić information content (AvgIpc) is 3.32. The van der Waals surface area contributed by atoms with Gasteiger partial charge in [-0.3, -0.25) is 4.79 Å². The molecule has 33 heavy (non-hydrogen) atoms. The zero-order chi connectivity index (χ0) is 24.6. The van der Waals surface area contributed by atoms with Gasteiger partial charge in [-0.25, -0.2) is 0 Å². The van der Waals surface area contributed by atoms with Gasteiger partial charge in [0.25, 0.3) is 0 Å². The van der Waals surface area contributed by atoms with Gasteiger partial charge >= 0.3 is 0 Å². The summed E-state index contributed by atoms with van der Waals surface area (Å²) in [7, 11) is 0. The topological polar surface area (TPSA) is 82.2 Å². The molecule has 1 fully saturated rings. The molecule has 1 aliphatic heterocycles. The molecule has 0 spiro atoms. The highest BCUT2D eigenvalue weighted by Gasteiger charge is 2.16. The van der Waals surface area contributed by atoms with E-state index in [0.717, 1.165) is 36.6 Å². The molecule has 1 aromatic heterocycles. The third kappa shape index (κ3) is 9.75. The van der Waals surface area contributed by atoms with Crippen LogP contribution in [0, 0.1) is 12.3 Å². The molecule has 0 aromatic carbocycles. The van der Waals surface area contributed by atoms with E-state index in [1.165, 1.54) is 12.8 Å². The van der Waals surface area contributed by atoms with Crippen LogP contribution in [0.2, 0.25) is 0 Å². The van der Waals surface area contributed by atoms with Crippen molar-refractivity contribution in [3.05, 3.63) is 61.0 Å². The molecule has 0 atom stereocenters. The summed E-state index contributed by atoms with van der Waals surface area (Å²) in [6, 6.07) is 0. The van der Waals surface area contributed by atoms with E-state index < -0.39 is 0 Å². The maximum Gasteiger partial charge on any atom is 0.239 e. The summed E-state index contributed by atoms with van der Waals surface area (Å²) in [5.74, 6) is 3.38. The van der Waals surface area contributed by atoms with Crippen molar-refractivity contribution in [2.45, 2.75) is 39.5 Å². The number of carbonyl (C=O) groups is 1. The molecule has 7 nitrogen and oxygen atoms in total. The van der Waals surface area contributed by atoms with Crippen LogP contribution in [0.5, 0.6) is 0 Å². The van der Waals surface area contributed by atoms with Crippen molar-refractivity contribution in [2.24, 2.45) is 0 Å². The van der Waals surface area contributed by atoms with Crippen molar-refractivity contribution in [3.63, 3.8) is 0 Å². The van der Waals surface area contributed by atoms with E-state index in [9.17, 15) is 4.79 Å². The third-order valence-electron chi connectivity index (χ3n) is 5.01. The van der Waals surface area contributed by atoms with E-state index in [4.69, 9.17) is 6.42 Å². The number of nitrogens with one attached hydrogen (secondary N) is 3. The Morgan fingerprint density at radius 2 is 2.03 bits per heavy atom. The molecule has 2 rings (SSSR count). The number of nitrogens with zero attached hydrogens (tertiary/aromatic N) is 3. The van der Waals surface area contributed by atoms with E-state index in [1.54, 1.807) is 18.3 Å². The molecule has 0 unspecified atom stereocenters. The Morgan fingerprint density at radius 3 is 2.64 bits per heavy atom. The number of hydrogen-bond donors (Lipinski definition) is 3. The fourth-order valence-electron chi connectivity index (χ4n) is 3.53. The predicted molar refractivity (Wildman–Crippen MR) is 139 cm³/mol. The van der Waals surface area contributed by atoms with Gasteiger partial charge in [0.05, 0.1) is 18.4 Å². The first-order valence-electron chi connectivity index (χ1n) is 11.3. The summed E-state index contributed by atoms with van der Waals surface area (Å²) in [5.41, 5.74) is 3.29. The Kier molecular flexibility index (Phi) is 12.9. The number of aromatic nitrogens is 2. The number of likely N-dealkylation sites (tertiary alicyclic amines) is 1. The summed E-state index contributed by atoms with van der Waals surface area (Å²) in [4.78, 5) is 14.6. The lowest BCUT2D eigenvalue weighted by molar-refractivity contribution is -0.119. The maximum atomic E-state index is 12.3. The summed E-state index contributed by atoms with van der Waals surface area (Å²) in [5, 5.41) is 17.8. The van der Waals surface area contributed by atoms with Gasteiger partial charge in [-0.2, -0.15) is 5.10 Å². The van der Waals surface area contributed by atoms with Crippen LogP contribution < -0.4 is 16.0 Å². The molecule has 0 saturated carbocycles. The third-order valence-corrected chi connectivity index (χ3v) is 5.01. The fraction of sp³-hybridized carbons (Fsp3) is 0.423. The van der Waals surface area contributed by atoms with Crippen LogP contribution >= 0.6 is 0 Å². The first-order valence-corrected chi connectivity index (χ1v) is 11.3. The molecular weight excluding hydrogens is 412 g/mol. The molecule has 3 N–H and O–H groups in total. The average molecular weight is 451 g/mol. The first kappa shape index (κ1) is 27.7. The highest BCUT2D eigenvalue weighted by Crippen LogP contribution is 2.30. The molecular formula is C26H38N6O. The van der Waals surface area contributed by atoms with Crippen LogP contribution in [0.25, 0.3) is 0 Å². The van der Waals surface area contributed by atoms with Gasteiger partial charge in [0.15, 0.2) is 5.82 Å². The van der Waals surface area contributed by atoms with Crippen LogP contribution in [0.4, 0.5) is 11.5 Å². The fourth-order valence-corrected chi connectivity index (χ4v) is 3.53. The van der Waals surface area contributed by atoms with Crippen molar-refractivity contribution in [2.75, 3.05) is 43.4 Å². The number of rotatable bonds is 11. The van der Waals surface area contributed by atoms with E-state index in [2.05, 4.69) is 70.6 Å². The second kappa shape index (κ2) is 15.4. The predicted octanol–water partition coefficient (Wildman–Crippen LogP) is 4.09. The van der Waals surface area contributed by atoms with Gasteiger partial charge in [0, 0.05) is 29.9 Å². The lowest BCUT2D eigenvalue weighted by atomic mass is 10.0. The van der Waals surface area contributed by atoms with Crippen molar-refractivity contribution < 1.29 is 4.79 Å². The largest absolute Gasteiger partial charge is 0.375 e. The molecule has 0 bridgehead atoms. The van der Waals surface area contributed by atoms with E-state index >= 15 is 0 Å². The standard InChI is InChI=1S/C24H34N6O.C2H4/c1-6-10-20(7-2)15-19(5)28-24-23(18(3)4)21(16-27-29-24)26-17-22(31)25-11-14-30-12-8-9-13-30;1-2/h2,6,10,15-16,18H,1,8-9,11-14,17H2,3-5H3,(H,25,31)(H2,26,28,29);1-2H2/b19-15+,20-10-;. The lowest BCUT2D eigenvalue weighted by Crippen LogP contribution is -2.36. The number of allylic oxidation sites excluding steroid dienone is 5. The van der Waals surface area contributed by atoms with Crippen molar-refractivity contribution in [1.82, 2.24) is 20.4 Å². The Hall–Kier alpha value is -3.37. The number of amides is 1. The van der Waals surface area contributed by atoms with Crippen LogP contribution in [-0.2, 0) is 4.79 Å². The minimum absolute atomic E-state index is 0.0375. The van der Waals surface area contributed by atoms with Gasteiger partial charge in [-0.15, -0.1) is 24.7 Å². The monoisotopic (exact) mass is 450 g/mol. The van der Waals surface area contributed by atoms with E-state index in [1.807, 2.05) is 13.0 Å². The van der Waals surface area contributed by atoms with Gasteiger partial charge in [0.1, 0.15) is 0 Å². The van der Waals surface area contributed by atoms with Gasteiger partial charge < -0.3 is 20.9 Å². The molecule has 1 aromatic rings. The number of anilines is 2. The summed E-state index contributed by atoms with van der Waals surface area (Å²) in [6.45, 7) is 19.7. The molecule has 1 saturated heterocycles.